The highest BCUT2D eigenvalue weighted by Crippen LogP contribution is 2.24. The van der Waals surface area contributed by atoms with Gasteiger partial charge in [0.1, 0.15) is 0 Å². The minimum absolute atomic E-state index is 0.0661. The van der Waals surface area contributed by atoms with E-state index in [2.05, 4.69) is 37.2 Å². The van der Waals surface area contributed by atoms with Crippen LogP contribution in [0.25, 0.3) is 0 Å². The van der Waals surface area contributed by atoms with Gasteiger partial charge < -0.3 is 11.1 Å². The molecule has 0 radical (unpaired) electrons. The van der Waals surface area contributed by atoms with Crippen molar-refractivity contribution in [3.8, 4) is 0 Å². The number of hydrogen-bond donors (Lipinski definition) is 2. The number of nitrogens with one attached hydrogen (secondary N) is 1. The molecule has 0 atom stereocenters. The fraction of sp³-hybridized carbons (Fsp3) is 0.0714. The van der Waals surface area contributed by atoms with Crippen LogP contribution >= 0.6 is 31.9 Å². The van der Waals surface area contributed by atoms with E-state index in [1.807, 2.05) is 24.3 Å². The quantitative estimate of drug-likeness (QED) is 0.787. The zero-order valence-electron chi connectivity index (χ0n) is 9.99. The lowest BCUT2D eigenvalue weighted by molar-refractivity contribution is -0.115. The predicted molar refractivity (Wildman–Crippen MR) is 85.0 cm³/mol. The fourth-order valence-corrected chi connectivity index (χ4v) is 2.60. The summed E-state index contributed by atoms with van der Waals surface area (Å²) in [5.41, 5.74) is 7.97. The van der Waals surface area contributed by atoms with E-state index in [0.717, 1.165) is 14.5 Å². The normalized spacial score (nSPS) is 10.2. The third kappa shape index (κ3) is 4.08. The first-order chi connectivity index (χ1) is 9.04. The minimum Gasteiger partial charge on any atom is -0.399 e. The van der Waals surface area contributed by atoms with Crippen LogP contribution in [-0.2, 0) is 11.2 Å². The number of amides is 1. The second-order valence-corrected chi connectivity index (χ2v) is 5.86. The minimum atomic E-state index is -0.0661. The molecular formula is C14H12Br2N2O. The van der Waals surface area contributed by atoms with Gasteiger partial charge >= 0.3 is 0 Å². The van der Waals surface area contributed by atoms with Crippen LogP contribution in [0.3, 0.4) is 0 Å². The Morgan fingerprint density at radius 2 is 1.95 bits per heavy atom. The van der Waals surface area contributed by atoms with Gasteiger partial charge in [0.05, 0.1) is 12.1 Å². The molecule has 1 amide bonds. The van der Waals surface area contributed by atoms with Crippen molar-refractivity contribution in [1.82, 2.24) is 0 Å². The molecule has 0 fully saturated rings. The van der Waals surface area contributed by atoms with Crippen molar-refractivity contribution in [2.24, 2.45) is 0 Å². The van der Waals surface area contributed by atoms with Gasteiger partial charge in [-0.2, -0.15) is 0 Å². The Hall–Kier alpha value is -1.33. The van der Waals surface area contributed by atoms with Gasteiger partial charge in [-0.25, -0.2) is 0 Å². The maximum Gasteiger partial charge on any atom is 0.228 e. The van der Waals surface area contributed by atoms with Crippen LogP contribution in [0.1, 0.15) is 5.56 Å². The molecule has 2 rings (SSSR count). The van der Waals surface area contributed by atoms with Crippen molar-refractivity contribution in [3.63, 3.8) is 0 Å². The smallest absolute Gasteiger partial charge is 0.228 e. The van der Waals surface area contributed by atoms with E-state index >= 15 is 0 Å². The Balaban J connectivity index is 2.05. The number of carbonyl (C=O) groups excluding carboxylic acids is 1. The number of rotatable bonds is 3. The third-order valence-corrected chi connectivity index (χ3v) is 3.67. The topological polar surface area (TPSA) is 55.1 Å². The van der Waals surface area contributed by atoms with Gasteiger partial charge in [-0.1, -0.05) is 28.1 Å². The number of nitrogen functional groups attached to an aromatic ring is 1. The average Bonchev–Trinajstić information content (AvgIpc) is 2.33. The van der Waals surface area contributed by atoms with Gasteiger partial charge in [0.15, 0.2) is 0 Å². The highest BCUT2D eigenvalue weighted by atomic mass is 79.9. The molecule has 2 aromatic carbocycles. The molecule has 0 heterocycles. The molecule has 2 aromatic rings. The van der Waals surface area contributed by atoms with Crippen LogP contribution in [-0.4, -0.2) is 5.91 Å². The average molecular weight is 384 g/mol. The van der Waals surface area contributed by atoms with Crippen molar-refractivity contribution in [1.29, 1.82) is 0 Å². The lowest BCUT2D eigenvalue weighted by Crippen LogP contribution is -2.14. The molecule has 0 saturated heterocycles. The van der Waals surface area contributed by atoms with Crippen molar-refractivity contribution >= 4 is 49.1 Å². The first-order valence-electron chi connectivity index (χ1n) is 5.64. The molecule has 3 nitrogen and oxygen atoms in total. The summed E-state index contributed by atoms with van der Waals surface area (Å²) < 4.78 is 1.74. The summed E-state index contributed by atoms with van der Waals surface area (Å²) >= 11 is 6.76. The third-order valence-electron chi connectivity index (χ3n) is 2.52. The molecule has 5 heteroatoms. The van der Waals surface area contributed by atoms with Crippen LogP contribution < -0.4 is 11.1 Å². The second kappa shape index (κ2) is 6.21. The van der Waals surface area contributed by atoms with Gasteiger partial charge in [-0.3, -0.25) is 4.79 Å². The predicted octanol–water partition coefficient (Wildman–Crippen LogP) is 3.98. The number of carbonyl (C=O) groups is 1. The molecule has 0 spiro atoms. The SMILES string of the molecule is Nc1ccc(NC(=O)Cc2cccc(Br)c2)c(Br)c1. The van der Waals surface area contributed by atoms with Crippen LogP contribution in [0.2, 0.25) is 0 Å². The van der Waals surface area contributed by atoms with Crippen molar-refractivity contribution in [2.75, 3.05) is 11.1 Å². The molecule has 0 unspecified atom stereocenters. The van der Waals surface area contributed by atoms with E-state index in [1.165, 1.54) is 0 Å². The number of anilines is 2. The molecule has 0 aromatic heterocycles. The highest BCUT2D eigenvalue weighted by molar-refractivity contribution is 9.10. The van der Waals surface area contributed by atoms with E-state index in [1.54, 1.807) is 18.2 Å². The van der Waals surface area contributed by atoms with Crippen LogP contribution in [0, 0.1) is 0 Å². The van der Waals surface area contributed by atoms with Gasteiger partial charge in [-0.05, 0) is 51.8 Å². The first-order valence-corrected chi connectivity index (χ1v) is 7.22. The second-order valence-electron chi connectivity index (χ2n) is 4.09. The van der Waals surface area contributed by atoms with E-state index in [4.69, 9.17) is 5.73 Å². The number of hydrogen-bond acceptors (Lipinski definition) is 2. The summed E-state index contributed by atoms with van der Waals surface area (Å²) in [5.74, 6) is -0.0661. The van der Waals surface area contributed by atoms with E-state index in [0.29, 0.717) is 17.8 Å². The first kappa shape index (κ1) is 14.1. The maximum atomic E-state index is 12.0. The van der Waals surface area contributed by atoms with Crippen LogP contribution in [0.5, 0.6) is 0 Å². The molecule has 0 bridgehead atoms. The molecule has 0 aliphatic carbocycles. The molecule has 0 aliphatic heterocycles. The van der Waals surface area contributed by atoms with E-state index < -0.39 is 0 Å². The van der Waals surface area contributed by atoms with Crippen LogP contribution in [0.15, 0.2) is 51.4 Å². The fourth-order valence-electron chi connectivity index (χ4n) is 1.66. The van der Waals surface area contributed by atoms with Gasteiger partial charge in [0.25, 0.3) is 0 Å². The summed E-state index contributed by atoms with van der Waals surface area (Å²) in [5, 5.41) is 2.85. The van der Waals surface area contributed by atoms with Gasteiger partial charge in [-0.15, -0.1) is 0 Å². The van der Waals surface area contributed by atoms with E-state index in [-0.39, 0.29) is 5.91 Å². The summed E-state index contributed by atoms with van der Waals surface area (Å²) in [7, 11) is 0. The summed E-state index contributed by atoms with van der Waals surface area (Å²) in [4.78, 5) is 12.0. The van der Waals surface area contributed by atoms with E-state index in [9.17, 15) is 4.79 Å². The Morgan fingerprint density at radius 1 is 1.16 bits per heavy atom. The molecule has 0 saturated carbocycles. The Labute approximate surface area is 128 Å². The van der Waals surface area contributed by atoms with Crippen molar-refractivity contribution < 1.29 is 4.79 Å². The summed E-state index contributed by atoms with van der Waals surface area (Å²) in [6.07, 6.45) is 0.330. The monoisotopic (exact) mass is 382 g/mol. The summed E-state index contributed by atoms with van der Waals surface area (Å²) in [6, 6.07) is 13.0. The molecule has 3 N–H and O–H groups in total. The standard InChI is InChI=1S/C14H12Br2N2O/c15-10-3-1-2-9(6-10)7-14(19)18-13-5-4-11(17)8-12(13)16/h1-6,8H,7,17H2,(H,18,19). The Kier molecular flexibility index (Phi) is 4.61. The van der Waals surface area contributed by atoms with Crippen molar-refractivity contribution in [3.05, 3.63) is 57.0 Å². The zero-order chi connectivity index (χ0) is 13.8. The maximum absolute atomic E-state index is 12.0. The number of halogens is 2. The Bertz CT molecular complexity index is 614. The largest absolute Gasteiger partial charge is 0.399 e. The van der Waals surface area contributed by atoms with Gasteiger partial charge in [0, 0.05) is 14.6 Å². The molecule has 98 valence electrons. The molecule has 19 heavy (non-hydrogen) atoms. The zero-order valence-corrected chi connectivity index (χ0v) is 13.2. The highest BCUT2D eigenvalue weighted by Gasteiger charge is 2.07. The molecule has 0 aliphatic rings. The molecular weight excluding hydrogens is 372 g/mol. The number of benzene rings is 2. The van der Waals surface area contributed by atoms with Crippen LogP contribution in [0.4, 0.5) is 11.4 Å². The summed E-state index contributed by atoms with van der Waals surface area (Å²) in [6.45, 7) is 0. The van der Waals surface area contributed by atoms with Gasteiger partial charge in [0.2, 0.25) is 5.91 Å². The lowest BCUT2D eigenvalue weighted by atomic mass is 10.1. The lowest BCUT2D eigenvalue weighted by Gasteiger charge is -2.08. The Morgan fingerprint density at radius 3 is 2.63 bits per heavy atom. The number of nitrogens with two attached hydrogens (primary N) is 1. The van der Waals surface area contributed by atoms with Crippen molar-refractivity contribution in [2.45, 2.75) is 6.42 Å².